The van der Waals surface area contributed by atoms with Gasteiger partial charge in [-0.2, -0.15) is 0 Å². The third-order valence-electron chi connectivity index (χ3n) is 1.25. The van der Waals surface area contributed by atoms with Gasteiger partial charge in [-0.25, -0.2) is 0 Å². The molecule has 0 bridgehead atoms. The fourth-order valence-electron chi connectivity index (χ4n) is 0.723. The van der Waals surface area contributed by atoms with E-state index in [1.165, 1.54) is 19.9 Å². The van der Waals surface area contributed by atoms with E-state index in [2.05, 4.69) is 6.58 Å². The van der Waals surface area contributed by atoms with Crippen LogP contribution >= 0.6 is 0 Å². The van der Waals surface area contributed by atoms with Gasteiger partial charge in [0.1, 0.15) is 0 Å². The molecule has 0 fully saturated rings. The number of hydrogen-bond acceptors (Lipinski definition) is 4. The van der Waals surface area contributed by atoms with Gasteiger partial charge in [0, 0.05) is 11.8 Å². The zero-order valence-corrected chi connectivity index (χ0v) is 7.07. The van der Waals surface area contributed by atoms with Crippen LogP contribution in [0.1, 0.15) is 13.8 Å². The number of nitro groups is 1. The predicted molar refractivity (Wildman–Crippen MR) is 42.2 cm³/mol. The number of nitrogens with zero attached hydrogens (tertiary/aromatic N) is 1. The third-order valence-corrected chi connectivity index (χ3v) is 1.25. The molecular formula is C7H11NO4. The number of carbonyl (C=O) groups is 1. The fraction of sp³-hybridized carbons (Fsp3) is 0.571. The number of carbonyl (C=O) groups excluding carboxylic acids is 1. The third kappa shape index (κ3) is 3.70. The van der Waals surface area contributed by atoms with Gasteiger partial charge in [0.05, 0.1) is 0 Å². The van der Waals surface area contributed by atoms with Crippen LogP contribution in [-0.4, -0.2) is 23.0 Å². The highest BCUT2D eigenvalue weighted by Crippen LogP contribution is 2.11. The van der Waals surface area contributed by atoms with E-state index in [1.54, 1.807) is 0 Å². The lowest BCUT2D eigenvalue weighted by atomic mass is 10.1. The Morgan fingerprint density at radius 2 is 2.33 bits per heavy atom. The van der Waals surface area contributed by atoms with Crippen molar-refractivity contribution in [3.05, 3.63) is 22.8 Å². The number of rotatable bonds is 4. The van der Waals surface area contributed by atoms with Crippen molar-refractivity contribution in [3.63, 3.8) is 0 Å². The normalized spacial score (nSPS) is 14.5. The first-order chi connectivity index (χ1) is 5.39. The van der Waals surface area contributed by atoms with E-state index >= 15 is 0 Å². The minimum atomic E-state index is -1.20. The van der Waals surface area contributed by atoms with Crippen LogP contribution in [0.2, 0.25) is 0 Å². The van der Waals surface area contributed by atoms with Crippen molar-refractivity contribution in [1.82, 2.24) is 0 Å². The summed E-state index contributed by atoms with van der Waals surface area (Å²) in [6.07, 6.45) is 1.25. The maximum Gasteiger partial charge on any atom is 0.303 e. The molecule has 12 heavy (non-hydrogen) atoms. The summed E-state index contributed by atoms with van der Waals surface area (Å²) >= 11 is 0. The Morgan fingerprint density at radius 3 is 2.58 bits per heavy atom. The quantitative estimate of drug-likeness (QED) is 0.272. The van der Waals surface area contributed by atoms with Crippen LogP contribution in [-0.2, 0) is 9.53 Å². The Hall–Kier alpha value is -1.39. The second-order valence-corrected chi connectivity index (χ2v) is 2.60. The number of esters is 1. The summed E-state index contributed by atoms with van der Waals surface area (Å²) in [6.45, 7) is 5.53. The van der Waals surface area contributed by atoms with E-state index < -0.39 is 23.0 Å². The highest BCUT2D eigenvalue weighted by molar-refractivity contribution is 5.66. The molecule has 1 atom stereocenters. The first-order valence-electron chi connectivity index (χ1n) is 3.34. The van der Waals surface area contributed by atoms with Crippen LogP contribution in [0.25, 0.3) is 0 Å². The number of hydrogen-bond donors (Lipinski definition) is 0. The molecule has 0 saturated carbocycles. The van der Waals surface area contributed by atoms with Gasteiger partial charge in [-0.3, -0.25) is 14.9 Å². The van der Waals surface area contributed by atoms with Crippen molar-refractivity contribution in [2.24, 2.45) is 0 Å². The highest BCUT2D eigenvalue weighted by Gasteiger charge is 2.29. The van der Waals surface area contributed by atoms with Crippen LogP contribution in [0, 0.1) is 10.1 Å². The summed E-state index contributed by atoms with van der Waals surface area (Å²) in [6, 6.07) is 0. The maximum absolute atomic E-state index is 10.5. The molecule has 0 heterocycles. The maximum atomic E-state index is 10.5. The second-order valence-electron chi connectivity index (χ2n) is 2.60. The smallest absolute Gasteiger partial charge is 0.303 e. The van der Waals surface area contributed by atoms with Gasteiger partial charge < -0.3 is 4.74 Å². The molecule has 68 valence electrons. The van der Waals surface area contributed by atoms with Crippen LogP contribution in [0.5, 0.6) is 0 Å². The molecule has 0 rings (SSSR count). The Labute approximate surface area is 70.2 Å². The van der Waals surface area contributed by atoms with Crippen LogP contribution < -0.4 is 0 Å². The molecule has 0 aliphatic heterocycles. The summed E-state index contributed by atoms with van der Waals surface area (Å²) in [4.78, 5) is 20.1. The van der Waals surface area contributed by atoms with Crippen molar-refractivity contribution in [2.75, 3.05) is 6.54 Å². The Morgan fingerprint density at radius 1 is 1.83 bits per heavy atom. The highest BCUT2D eigenvalue weighted by atomic mass is 16.6. The van der Waals surface area contributed by atoms with Crippen LogP contribution in [0.4, 0.5) is 0 Å². The van der Waals surface area contributed by atoms with Gasteiger partial charge in [0.2, 0.25) is 6.54 Å². The molecule has 0 aromatic carbocycles. The Kier molecular flexibility index (Phi) is 3.40. The summed E-state index contributed by atoms with van der Waals surface area (Å²) in [5, 5.41) is 10.1. The van der Waals surface area contributed by atoms with Crippen molar-refractivity contribution in [2.45, 2.75) is 19.4 Å². The van der Waals surface area contributed by atoms with Gasteiger partial charge in [0.25, 0.3) is 0 Å². The molecule has 0 saturated heterocycles. The van der Waals surface area contributed by atoms with Crippen molar-refractivity contribution >= 4 is 5.97 Å². The largest absolute Gasteiger partial charge is 0.448 e. The zero-order valence-electron chi connectivity index (χ0n) is 7.07. The van der Waals surface area contributed by atoms with Crippen LogP contribution in [0.3, 0.4) is 0 Å². The molecule has 1 unspecified atom stereocenters. The van der Waals surface area contributed by atoms with Gasteiger partial charge in [-0.1, -0.05) is 6.58 Å². The molecule has 0 aliphatic carbocycles. The van der Waals surface area contributed by atoms with Crippen molar-refractivity contribution in [1.29, 1.82) is 0 Å². The monoisotopic (exact) mass is 173 g/mol. The van der Waals surface area contributed by atoms with Gasteiger partial charge in [-0.05, 0) is 13.0 Å². The molecule has 0 N–H and O–H groups in total. The molecule has 5 nitrogen and oxygen atoms in total. The van der Waals surface area contributed by atoms with E-state index in [0.29, 0.717) is 0 Å². The summed E-state index contributed by atoms with van der Waals surface area (Å²) in [7, 11) is 0. The SMILES string of the molecule is C=CC(C)(C[N+](=O)[O-])OC(C)=O. The first-order valence-corrected chi connectivity index (χ1v) is 3.34. The molecule has 0 aromatic heterocycles. The minimum Gasteiger partial charge on any atom is -0.448 e. The van der Waals surface area contributed by atoms with E-state index in [-0.39, 0.29) is 0 Å². The van der Waals surface area contributed by atoms with Gasteiger partial charge in [-0.15, -0.1) is 0 Å². The van der Waals surface area contributed by atoms with Crippen molar-refractivity contribution in [3.8, 4) is 0 Å². The first kappa shape index (κ1) is 10.6. The van der Waals surface area contributed by atoms with E-state index in [0.717, 1.165) is 0 Å². The average molecular weight is 173 g/mol. The molecular weight excluding hydrogens is 162 g/mol. The predicted octanol–water partition coefficient (Wildman–Crippen LogP) is 0.771. The second kappa shape index (κ2) is 3.85. The molecule has 0 radical (unpaired) electrons. The van der Waals surface area contributed by atoms with Gasteiger partial charge in [0.15, 0.2) is 5.60 Å². The number of ether oxygens (including phenoxy) is 1. The summed E-state index contributed by atoms with van der Waals surface area (Å²) in [5.74, 6) is -0.556. The van der Waals surface area contributed by atoms with E-state index in [9.17, 15) is 14.9 Å². The van der Waals surface area contributed by atoms with Gasteiger partial charge >= 0.3 is 5.97 Å². The Balaban J connectivity index is 4.33. The molecule has 0 aliphatic rings. The average Bonchev–Trinajstić information content (AvgIpc) is 1.83. The van der Waals surface area contributed by atoms with Crippen molar-refractivity contribution < 1.29 is 14.5 Å². The molecule has 0 spiro atoms. The minimum absolute atomic E-state index is 0.462. The zero-order chi connectivity index (χ0) is 9.78. The van der Waals surface area contributed by atoms with E-state index in [4.69, 9.17) is 4.74 Å². The standard InChI is InChI=1S/C7H11NO4/c1-4-7(3,5-8(10)11)12-6(2)9/h4H,1,5H2,2-3H3. The summed E-state index contributed by atoms with van der Waals surface area (Å²) < 4.78 is 4.70. The Bertz CT molecular complexity index is 195. The lowest BCUT2D eigenvalue weighted by Gasteiger charge is -2.20. The molecule has 5 heteroatoms. The molecule has 0 amide bonds. The lowest BCUT2D eigenvalue weighted by molar-refractivity contribution is -0.495. The topological polar surface area (TPSA) is 69.4 Å². The van der Waals surface area contributed by atoms with E-state index in [1.807, 2.05) is 0 Å². The molecule has 0 aromatic rings. The van der Waals surface area contributed by atoms with Crippen LogP contribution in [0.15, 0.2) is 12.7 Å². The summed E-state index contributed by atoms with van der Waals surface area (Å²) in [5.41, 5.74) is -1.20. The lowest BCUT2D eigenvalue weighted by Crippen LogP contribution is -2.36. The fourth-order valence-corrected chi connectivity index (χ4v) is 0.723.